The fourth-order valence-corrected chi connectivity index (χ4v) is 5.34. The molecule has 1 aliphatic rings. The summed E-state index contributed by atoms with van der Waals surface area (Å²) in [6.07, 6.45) is 0. The second-order valence-corrected chi connectivity index (χ2v) is 9.73. The van der Waals surface area contributed by atoms with Gasteiger partial charge in [-0.3, -0.25) is 14.3 Å². The number of aromatic nitrogens is 2. The monoisotopic (exact) mass is 574 g/mol. The molecule has 0 atom stereocenters. The van der Waals surface area contributed by atoms with Gasteiger partial charge >= 0.3 is 0 Å². The van der Waals surface area contributed by atoms with Gasteiger partial charge in [-0.15, -0.1) is 0 Å². The third kappa shape index (κ3) is 4.76. The average molecular weight is 575 g/mol. The van der Waals surface area contributed by atoms with Gasteiger partial charge in [-0.25, -0.2) is 13.8 Å². The van der Waals surface area contributed by atoms with Crippen LogP contribution in [0.4, 0.5) is 14.5 Å². The van der Waals surface area contributed by atoms with Crippen molar-refractivity contribution in [1.29, 1.82) is 10.5 Å². The number of rotatable bonds is 5. The summed E-state index contributed by atoms with van der Waals surface area (Å²) in [6, 6.07) is 19.8. The maximum Gasteiger partial charge on any atom is 0.272 e. The van der Waals surface area contributed by atoms with Gasteiger partial charge in [-0.1, -0.05) is 24.3 Å². The standard InChI is InChI=1S/C28H21BrF2N6O/c29-24-10-9-23-25(34-24)27(22(17-33)28(38)37(23)12-11-32)36-15-13-35(14-16-36)26(18-1-5-20(30)6-2-18)19-3-7-21(31)8-4-19/h1-10,26H,12-16H2. The molecule has 0 unspecified atom stereocenters. The van der Waals surface area contributed by atoms with Crippen molar-refractivity contribution in [3.8, 4) is 12.1 Å². The SMILES string of the molecule is N#CCn1c(=O)c(C#N)c(N2CCN(C(c3ccc(F)cc3)c3ccc(F)cc3)CC2)c2nc(Br)ccc21. The number of piperazine rings is 1. The highest BCUT2D eigenvalue weighted by atomic mass is 79.9. The van der Waals surface area contributed by atoms with E-state index in [9.17, 15) is 24.1 Å². The van der Waals surface area contributed by atoms with Crippen molar-refractivity contribution < 1.29 is 8.78 Å². The summed E-state index contributed by atoms with van der Waals surface area (Å²) in [6.45, 7) is 1.89. The lowest BCUT2D eigenvalue weighted by atomic mass is 9.96. The molecule has 1 aliphatic heterocycles. The molecule has 5 rings (SSSR count). The van der Waals surface area contributed by atoms with Crippen LogP contribution in [0.25, 0.3) is 11.0 Å². The van der Waals surface area contributed by atoms with Crippen molar-refractivity contribution in [2.45, 2.75) is 12.6 Å². The summed E-state index contributed by atoms with van der Waals surface area (Å²) in [4.78, 5) is 22.0. The molecule has 0 saturated carbocycles. The minimum atomic E-state index is -0.529. The largest absolute Gasteiger partial charge is 0.366 e. The lowest BCUT2D eigenvalue weighted by Gasteiger charge is -2.41. The van der Waals surface area contributed by atoms with E-state index in [4.69, 9.17) is 0 Å². The quantitative estimate of drug-likeness (QED) is 0.320. The van der Waals surface area contributed by atoms with E-state index in [1.165, 1.54) is 28.8 Å². The van der Waals surface area contributed by atoms with E-state index in [0.29, 0.717) is 47.5 Å². The van der Waals surface area contributed by atoms with E-state index in [0.717, 1.165) is 11.1 Å². The maximum absolute atomic E-state index is 13.7. The Hall–Kier alpha value is -4.12. The summed E-state index contributed by atoms with van der Waals surface area (Å²) in [5.41, 5.74) is 2.56. The highest BCUT2D eigenvalue weighted by Crippen LogP contribution is 2.33. The highest BCUT2D eigenvalue weighted by molar-refractivity contribution is 9.10. The van der Waals surface area contributed by atoms with Gasteiger partial charge in [0, 0.05) is 26.2 Å². The fourth-order valence-electron chi connectivity index (χ4n) is 5.03. The topological polar surface area (TPSA) is 88.9 Å². The molecule has 4 aromatic rings. The second kappa shape index (κ2) is 10.7. The Kier molecular flexibility index (Phi) is 7.19. The van der Waals surface area contributed by atoms with Gasteiger partial charge in [-0.05, 0) is 63.5 Å². The molecular weight excluding hydrogens is 554 g/mol. The summed E-state index contributed by atoms with van der Waals surface area (Å²) < 4.78 is 29.2. The molecule has 10 heteroatoms. The summed E-state index contributed by atoms with van der Waals surface area (Å²) in [5, 5.41) is 19.2. The van der Waals surface area contributed by atoms with Gasteiger partial charge in [0.2, 0.25) is 0 Å². The molecule has 3 heterocycles. The zero-order chi connectivity index (χ0) is 26.8. The number of pyridine rings is 2. The van der Waals surface area contributed by atoms with Crippen LogP contribution >= 0.6 is 15.9 Å². The number of halogens is 3. The summed E-state index contributed by atoms with van der Waals surface area (Å²) >= 11 is 3.38. The first-order valence-corrected chi connectivity index (χ1v) is 12.7. The van der Waals surface area contributed by atoms with Crippen molar-refractivity contribution in [1.82, 2.24) is 14.5 Å². The molecule has 0 radical (unpaired) electrons. The number of nitriles is 2. The highest BCUT2D eigenvalue weighted by Gasteiger charge is 2.30. The summed E-state index contributed by atoms with van der Waals surface area (Å²) in [7, 11) is 0. The Bertz CT molecular complexity index is 1590. The van der Waals surface area contributed by atoms with Crippen LogP contribution in [0.5, 0.6) is 0 Å². The van der Waals surface area contributed by atoms with Crippen LogP contribution in [0.15, 0.2) is 70.1 Å². The van der Waals surface area contributed by atoms with Gasteiger partial charge in [0.25, 0.3) is 5.56 Å². The first kappa shape index (κ1) is 25.5. The molecule has 1 saturated heterocycles. The van der Waals surface area contributed by atoms with Gasteiger partial charge in [-0.2, -0.15) is 10.5 Å². The number of nitrogens with zero attached hydrogens (tertiary/aromatic N) is 6. The zero-order valence-corrected chi connectivity index (χ0v) is 21.7. The van der Waals surface area contributed by atoms with Crippen LogP contribution in [0.1, 0.15) is 22.7 Å². The number of anilines is 1. The normalized spacial score (nSPS) is 14.0. The first-order chi connectivity index (χ1) is 18.4. The minimum Gasteiger partial charge on any atom is -0.366 e. The number of benzene rings is 2. The van der Waals surface area contributed by atoms with Gasteiger partial charge in [0.05, 0.1) is 23.3 Å². The van der Waals surface area contributed by atoms with Crippen molar-refractivity contribution >= 4 is 32.7 Å². The number of hydrogen-bond acceptors (Lipinski definition) is 6. The van der Waals surface area contributed by atoms with Gasteiger partial charge in [0.15, 0.2) is 0 Å². The molecular formula is C28H21BrF2N6O. The molecule has 0 aliphatic carbocycles. The van der Waals surface area contributed by atoms with E-state index < -0.39 is 5.56 Å². The van der Waals surface area contributed by atoms with E-state index in [2.05, 4.69) is 25.8 Å². The predicted octanol–water partition coefficient (Wildman–Crippen LogP) is 4.74. The molecule has 1 fully saturated rings. The predicted molar refractivity (Wildman–Crippen MR) is 142 cm³/mol. The summed E-state index contributed by atoms with van der Waals surface area (Å²) in [5.74, 6) is -0.672. The third-order valence-corrected chi connectivity index (χ3v) is 7.20. The lowest BCUT2D eigenvalue weighted by molar-refractivity contribution is 0.212. The molecule has 0 bridgehead atoms. The average Bonchev–Trinajstić information content (AvgIpc) is 2.92. The lowest BCUT2D eigenvalue weighted by Crippen LogP contribution is -2.48. The van der Waals surface area contributed by atoms with Gasteiger partial charge < -0.3 is 4.90 Å². The van der Waals surface area contributed by atoms with Crippen molar-refractivity contribution in [3.63, 3.8) is 0 Å². The van der Waals surface area contributed by atoms with Crippen molar-refractivity contribution in [3.05, 3.63) is 104 Å². The molecule has 7 nitrogen and oxygen atoms in total. The first-order valence-electron chi connectivity index (χ1n) is 11.9. The molecule has 0 amide bonds. The molecule has 2 aromatic heterocycles. The van der Waals surface area contributed by atoms with Crippen LogP contribution in [-0.4, -0.2) is 40.6 Å². The molecule has 0 spiro atoms. The van der Waals surface area contributed by atoms with E-state index in [1.807, 2.05) is 17.0 Å². The number of fused-ring (bicyclic) bond motifs is 1. The Morgan fingerprint density at radius 1 is 0.895 bits per heavy atom. The smallest absolute Gasteiger partial charge is 0.272 e. The van der Waals surface area contributed by atoms with Crippen LogP contribution in [0.2, 0.25) is 0 Å². The van der Waals surface area contributed by atoms with Crippen LogP contribution in [-0.2, 0) is 6.54 Å². The third-order valence-electron chi connectivity index (χ3n) is 6.76. The Balaban J connectivity index is 1.52. The Morgan fingerprint density at radius 2 is 1.47 bits per heavy atom. The molecule has 38 heavy (non-hydrogen) atoms. The van der Waals surface area contributed by atoms with Crippen molar-refractivity contribution in [2.24, 2.45) is 0 Å². The van der Waals surface area contributed by atoms with Crippen LogP contribution in [0.3, 0.4) is 0 Å². The second-order valence-electron chi connectivity index (χ2n) is 8.92. The van der Waals surface area contributed by atoms with E-state index >= 15 is 0 Å². The zero-order valence-electron chi connectivity index (χ0n) is 20.1. The van der Waals surface area contributed by atoms with Crippen molar-refractivity contribution in [2.75, 3.05) is 31.1 Å². The van der Waals surface area contributed by atoms with Crippen LogP contribution in [0, 0.1) is 34.3 Å². The van der Waals surface area contributed by atoms with E-state index in [1.54, 1.807) is 36.4 Å². The molecule has 0 N–H and O–H groups in total. The molecule has 190 valence electrons. The minimum absolute atomic E-state index is 0.0552. The number of hydrogen-bond donors (Lipinski definition) is 0. The Labute approximate surface area is 225 Å². The molecule has 2 aromatic carbocycles. The fraction of sp³-hybridized carbons (Fsp3) is 0.214. The van der Waals surface area contributed by atoms with E-state index in [-0.39, 0.29) is 29.8 Å². The Morgan fingerprint density at radius 3 is 2.00 bits per heavy atom. The maximum atomic E-state index is 13.7. The van der Waals surface area contributed by atoms with Crippen LogP contribution < -0.4 is 10.5 Å². The van der Waals surface area contributed by atoms with Gasteiger partial charge in [0.1, 0.15) is 39.9 Å².